The molecule has 3 aromatic rings. The maximum Gasteiger partial charge on any atom is 0.226 e. The number of aromatic nitrogens is 1. The Balaban J connectivity index is 1.66. The quantitative estimate of drug-likeness (QED) is 0.774. The SMILES string of the molecule is C[C@H](CC(=O)Nc1nc2ccccc2s1)c1ccccc1. The number of hydrogen-bond acceptors (Lipinski definition) is 3. The Morgan fingerprint density at radius 3 is 2.62 bits per heavy atom. The Kier molecular flexibility index (Phi) is 3.97. The van der Waals surface area contributed by atoms with Crippen LogP contribution in [0.25, 0.3) is 10.2 Å². The fraction of sp³-hybridized carbons (Fsp3) is 0.176. The molecule has 0 aliphatic carbocycles. The van der Waals surface area contributed by atoms with Gasteiger partial charge in [0.05, 0.1) is 10.2 Å². The molecule has 0 aliphatic heterocycles. The van der Waals surface area contributed by atoms with Crippen molar-refractivity contribution in [1.29, 1.82) is 0 Å². The van der Waals surface area contributed by atoms with Crippen LogP contribution in [0.15, 0.2) is 54.6 Å². The molecule has 0 spiro atoms. The first-order chi connectivity index (χ1) is 10.2. The number of carbonyl (C=O) groups is 1. The molecular formula is C17H16N2OS. The van der Waals surface area contributed by atoms with E-state index in [0.717, 1.165) is 10.2 Å². The van der Waals surface area contributed by atoms with Crippen molar-refractivity contribution >= 4 is 32.6 Å². The molecular weight excluding hydrogens is 280 g/mol. The molecule has 0 bridgehead atoms. The largest absolute Gasteiger partial charge is 0.302 e. The summed E-state index contributed by atoms with van der Waals surface area (Å²) in [6.45, 7) is 2.06. The summed E-state index contributed by atoms with van der Waals surface area (Å²) in [6, 6.07) is 18.0. The molecule has 1 amide bonds. The molecule has 1 aromatic heterocycles. The standard InChI is InChI=1S/C17H16N2OS/c1-12(13-7-3-2-4-8-13)11-16(20)19-17-18-14-9-5-6-10-15(14)21-17/h2-10,12H,11H2,1H3,(H,18,19,20)/t12-/m1/s1. The monoisotopic (exact) mass is 296 g/mol. The van der Waals surface area contributed by atoms with Crippen molar-refractivity contribution < 1.29 is 4.79 Å². The third-order valence-electron chi connectivity index (χ3n) is 3.40. The van der Waals surface area contributed by atoms with Gasteiger partial charge >= 0.3 is 0 Å². The highest BCUT2D eigenvalue weighted by Crippen LogP contribution is 2.26. The molecule has 0 saturated heterocycles. The van der Waals surface area contributed by atoms with Crippen LogP contribution in [0.3, 0.4) is 0 Å². The van der Waals surface area contributed by atoms with Crippen molar-refractivity contribution in [2.24, 2.45) is 0 Å². The average Bonchev–Trinajstić information content (AvgIpc) is 2.90. The van der Waals surface area contributed by atoms with Gasteiger partial charge in [-0.3, -0.25) is 4.79 Å². The molecule has 3 rings (SSSR count). The zero-order chi connectivity index (χ0) is 14.7. The highest BCUT2D eigenvalue weighted by Gasteiger charge is 2.13. The summed E-state index contributed by atoms with van der Waals surface area (Å²) in [7, 11) is 0. The molecule has 0 saturated carbocycles. The van der Waals surface area contributed by atoms with Gasteiger partial charge < -0.3 is 5.32 Å². The second-order valence-corrected chi connectivity index (χ2v) is 6.08. The van der Waals surface area contributed by atoms with E-state index in [2.05, 4.69) is 29.4 Å². The predicted octanol–water partition coefficient (Wildman–Crippen LogP) is 4.43. The summed E-state index contributed by atoms with van der Waals surface area (Å²) in [6.07, 6.45) is 0.458. The lowest BCUT2D eigenvalue weighted by atomic mass is 9.98. The van der Waals surface area contributed by atoms with E-state index in [1.165, 1.54) is 16.9 Å². The number of rotatable bonds is 4. The van der Waals surface area contributed by atoms with Gasteiger partial charge in [-0.05, 0) is 23.6 Å². The van der Waals surface area contributed by atoms with Crippen LogP contribution in [0, 0.1) is 0 Å². The second-order valence-electron chi connectivity index (χ2n) is 5.05. The first-order valence-electron chi connectivity index (χ1n) is 6.93. The predicted molar refractivity (Wildman–Crippen MR) is 87.7 cm³/mol. The number of thiazole rings is 1. The van der Waals surface area contributed by atoms with Gasteiger partial charge in [0.1, 0.15) is 0 Å². The van der Waals surface area contributed by atoms with Crippen LogP contribution in [-0.4, -0.2) is 10.9 Å². The fourth-order valence-electron chi connectivity index (χ4n) is 2.27. The number of amides is 1. The molecule has 21 heavy (non-hydrogen) atoms. The Hall–Kier alpha value is -2.20. The topological polar surface area (TPSA) is 42.0 Å². The average molecular weight is 296 g/mol. The molecule has 4 heteroatoms. The van der Waals surface area contributed by atoms with Crippen LogP contribution in [0.4, 0.5) is 5.13 Å². The number of carbonyl (C=O) groups excluding carboxylic acids is 1. The molecule has 0 aliphatic rings. The van der Waals surface area contributed by atoms with Crippen molar-refractivity contribution in [3.63, 3.8) is 0 Å². The van der Waals surface area contributed by atoms with Gasteiger partial charge in [-0.1, -0.05) is 60.7 Å². The van der Waals surface area contributed by atoms with Crippen LogP contribution < -0.4 is 5.32 Å². The zero-order valence-electron chi connectivity index (χ0n) is 11.7. The van der Waals surface area contributed by atoms with E-state index < -0.39 is 0 Å². The van der Waals surface area contributed by atoms with Crippen LogP contribution in [0.2, 0.25) is 0 Å². The normalized spacial score (nSPS) is 12.2. The molecule has 1 atom stereocenters. The number of para-hydroxylation sites is 1. The number of anilines is 1. The fourth-order valence-corrected chi connectivity index (χ4v) is 3.16. The first kappa shape index (κ1) is 13.8. The summed E-state index contributed by atoms with van der Waals surface area (Å²) < 4.78 is 1.09. The van der Waals surface area contributed by atoms with Gasteiger partial charge in [-0.25, -0.2) is 4.98 Å². The van der Waals surface area contributed by atoms with E-state index in [4.69, 9.17) is 0 Å². The third-order valence-corrected chi connectivity index (χ3v) is 4.35. The van der Waals surface area contributed by atoms with E-state index in [1.54, 1.807) is 0 Å². The number of hydrogen-bond donors (Lipinski definition) is 1. The van der Waals surface area contributed by atoms with Crippen LogP contribution in [0.5, 0.6) is 0 Å². The smallest absolute Gasteiger partial charge is 0.226 e. The van der Waals surface area contributed by atoms with Crippen molar-refractivity contribution in [3.8, 4) is 0 Å². The van der Waals surface area contributed by atoms with Crippen LogP contribution in [0.1, 0.15) is 24.8 Å². The zero-order valence-corrected chi connectivity index (χ0v) is 12.6. The summed E-state index contributed by atoms with van der Waals surface area (Å²) in [4.78, 5) is 16.5. The number of benzene rings is 2. The highest BCUT2D eigenvalue weighted by atomic mass is 32.1. The Morgan fingerprint density at radius 2 is 1.86 bits per heavy atom. The molecule has 0 fully saturated rings. The lowest BCUT2D eigenvalue weighted by Crippen LogP contribution is -2.14. The molecule has 1 heterocycles. The summed E-state index contributed by atoms with van der Waals surface area (Å²) in [5.41, 5.74) is 2.10. The first-order valence-corrected chi connectivity index (χ1v) is 7.74. The van der Waals surface area contributed by atoms with Crippen LogP contribution in [-0.2, 0) is 4.79 Å². The molecule has 1 N–H and O–H groups in total. The molecule has 106 valence electrons. The van der Waals surface area contributed by atoms with Crippen molar-refractivity contribution in [3.05, 3.63) is 60.2 Å². The maximum atomic E-state index is 12.1. The second kappa shape index (κ2) is 6.06. The minimum atomic E-state index is 0.00501. The number of nitrogens with one attached hydrogen (secondary N) is 1. The van der Waals surface area contributed by atoms with Crippen molar-refractivity contribution in [2.75, 3.05) is 5.32 Å². The van der Waals surface area contributed by atoms with E-state index in [1.807, 2.05) is 42.5 Å². The minimum Gasteiger partial charge on any atom is -0.302 e. The molecule has 3 nitrogen and oxygen atoms in total. The maximum absolute atomic E-state index is 12.1. The van der Waals surface area contributed by atoms with E-state index >= 15 is 0 Å². The van der Waals surface area contributed by atoms with Gasteiger partial charge in [-0.15, -0.1) is 0 Å². The van der Waals surface area contributed by atoms with Gasteiger partial charge in [0, 0.05) is 6.42 Å². The third kappa shape index (κ3) is 3.28. The summed E-state index contributed by atoms with van der Waals surface area (Å²) >= 11 is 1.51. The molecule has 0 radical (unpaired) electrons. The van der Waals surface area contributed by atoms with Gasteiger partial charge in [0.15, 0.2) is 5.13 Å². The summed E-state index contributed by atoms with van der Waals surface area (Å²) in [5.74, 6) is 0.200. The Labute approximate surface area is 127 Å². The van der Waals surface area contributed by atoms with Crippen molar-refractivity contribution in [1.82, 2.24) is 4.98 Å². The van der Waals surface area contributed by atoms with E-state index in [0.29, 0.717) is 11.6 Å². The Morgan fingerprint density at radius 1 is 1.14 bits per heavy atom. The minimum absolute atomic E-state index is 0.00501. The number of nitrogens with zero attached hydrogens (tertiary/aromatic N) is 1. The lowest BCUT2D eigenvalue weighted by molar-refractivity contribution is -0.116. The lowest BCUT2D eigenvalue weighted by Gasteiger charge is -2.10. The van der Waals surface area contributed by atoms with E-state index in [9.17, 15) is 4.79 Å². The molecule has 2 aromatic carbocycles. The molecule has 0 unspecified atom stereocenters. The Bertz CT molecular complexity index is 719. The van der Waals surface area contributed by atoms with Gasteiger partial charge in [-0.2, -0.15) is 0 Å². The van der Waals surface area contributed by atoms with E-state index in [-0.39, 0.29) is 11.8 Å². The van der Waals surface area contributed by atoms with Crippen molar-refractivity contribution in [2.45, 2.75) is 19.3 Å². The number of fused-ring (bicyclic) bond motifs is 1. The van der Waals surface area contributed by atoms with Gasteiger partial charge in [0.2, 0.25) is 5.91 Å². The van der Waals surface area contributed by atoms with Crippen LogP contribution >= 0.6 is 11.3 Å². The van der Waals surface area contributed by atoms with Gasteiger partial charge in [0.25, 0.3) is 0 Å². The summed E-state index contributed by atoms with van der Waals surface area (Å²) in [5, 5.41) is 3.57. The highest BCUT2D eigenvalue weighted by molar-refractivity contribution is 7.22.